The minimum absolute atomic E-state index is 0.231. The summed E-state index contributed by atoms with van der Waals surface area (Å²) >= 11 is 0. The molecule has 6 heteroatoms. The maximum Gasteiger partial charge on any atom is 0.159 e. The summed E-state index contributed by atoms with van der Waals surface area (Å²) in [5, 5.41) is 4.10. The van der Waals surface area contributed by atoms with E-state index in [2.05, 4.69) is 16.0 Å². The van der Waals surface area contributed by atoms with E-state index in [-0.39, 0.29) is 6.61 Å². The summed E-state index contributed by atoms with van der Waals surface area (Å²) < 4.78 is 37.8. The Bertz CT molecular complexity index is 1040. The lowest BCUT2D eigenvalue weighted by Crippen LogP contribution is -2.29. The molecule has 2 heterocycles. The van der Waals surface area contributed by atoms with E-state index in [4.69, 9.17) is 15.7 Å². The van der Waals surface area contributed by atoms with E-state index in [1.165, 1.54) is 6.07 Å². The molecule has 0 spiro atoms. The van der Waals surface area contributed by atoms with Crippen LogP contribution in [0.5, 0.6) is 5.75 Å². The molecule has 0 unspecified atom stereocenters. The highest BCUT2D eigenvalue weighted by molar-refractivity contribution is 5.63. The number of ether oxygens (including phenoxy) is 1. The molecule has 1 aliphatic rings. The summed E-state index contributed by atoms with van der Waals surface area (Å²) in [5.41, 5.74) is 3.08. The Kier molecular flexibility index (Phi) is 5.09. The van der Waals surface area contributed by atoms with Gasteiger partial charge in [-0.15, -0.1) is 6.42 Å². The normalized spacial score (nSPS) is 13.8. The van der Waals surface area contributed by atoms with Gasteiger partial charge in [-0.2, -0.15) is 0 Å². The highest BCUT2D eigenvalue weighted by atomic mass is 19.2. The van der Waals surface area contributed by atoms with Crippen LogP contribution in [0.25, 0.3) is 11.3 Å². The van der Waals surface area contributed by atoms with E-state index in [0.29, 0.717) is 24.2 Å². The van der Waals surface area contributed by atoms with Crippen LogP contribution in [0.2, 0.25) is 0 Å². The number of halogens is 2. The van der Waals surface area contributed by atoms with Gasteiger partial charge in [0.25, 0.3) is 0 Å². The molecule has 4 nitrogen and oxygen atoms in total. The van der Waals surface area contributed by atoms with Crippen molar-refractivity contribution >= 4 is 0 Å². The first kappa shape index (κ1) is 18.2. The van der Waals surface area contributed by atoms with Crippen molar-refractivity contribution in [2.24, 2.45) is 0 Å². The fourth-order valence-electron chi connectivity index (χ4n) is 3.39. The first-order valence-electron chi connectivity index (χ1n) is 8.94. The van der Waals surface area contributed by atoms with Crippen molar-refractivity contribution in [2.45, 2.75) is 19.5 Å². The number of benzene rings is 2. The molecule has 0 amide bonds. The van der Waals surface area contributed by atoms with E-state index >= 15 is 0 Å². The topological polar surface area (TPSA) is 38.5 Å². The molecule has 3 aromatic rings. The van der Waals surface area contributed by atoms with Crippen LogP contribution < -0.4 is 4.74 Å². The summed E-state index contributed by atoms with van der Waals surface area (Å²) in [6.45, 7) is 2.38. The third-order valence-electron chi connectivity index (χ3n) is 4.73. The summed E-state index contributed by atoms with van der Waals surface area (Å²) in [6.07, 6.45) is 5.94. The molecule has 0 fully saturated rings. The van der Waals surface area contributed by atoms with E-state index in [0.717, 1.165) is 47.9 Å². The number of terminal acetylenes is 1. The Balaban J connectivity index is 1.53. The molecular formula is C22H18F2N2O2. The number of nitrogens with zero attached hydrogens (tertiary/aromatic N) is 2. The summed E-state index contributed by atoms with van der Waals surface area (Å²) in [5.74, 6) is 2.21. The fraction of sp³-hybridized carbons (Fsp3) is 0.227. The maximum absolute atomic E-state index is 13.6. The minimum Gasteiger partial charge on any atom is -0.481 e. The zero-order valence-corrected chi connectivity index (χ0v) is 15.1. The Morgan fingerprint density at radius 1 is 1.18 bits per heavy atom. The van der Waals surface area contributed by atoms with Gasteiger partial charge in [-0.25, -0.2) is 8.78 Å². The molecule has 0 aliphatic carbocycles. The molecule has 0 N–H and O–H groups in total. The van der Waals surface area contributed by atoms with Crippen LogP contribution in [-0.2, 0) is 19.5 Å². The maximum atomic E-state index is 13.6. The second kappa shape index (κ2) is 7.83. The minimum atomic E-state index is -0.898. The van der Waals surface area contributed by atoms with Gasteiger partial charge in [0, 0.05) is 37.2 Å². The molecule has 0 bridgehead atoms. The van der Waals surface area contributed by atoms with Crippen LogP contribution >= 0.6 is 0 Å². The number of hydrogen-bond donors (Lipinski definition) is 0. The Hall–Kier alpha value is -3.17. The van der Waals surface area contributed by atoms with Crippen molar-refractivity contribution in [1.82, 2.24) is 10.1 Å². The summed E-state index contributed by atoms with van der Waals surface area (Å²) in [6, 6.07) is 11.6. The quantitative estimate of drug-likeness (QED) is 0.622. The lowest BCUT2D eigenvalue weighted by Gasteiger charge is -2.26. The molecule has 142 valence electrons. The second-order valence-electron chi connectivity index (χ2n) is 6.66. The molecule has 1 aromatic heterocycles. The standard InChI is InChI=1S/C22H18F2N2O2/c1-2-10-27-17-5-3-4-15(11-17)13-26-9-8-21-18(14-26)22(25-28-21)16-6-7-19(23)20(24)12-16/h1,3-7,11-12H,8-10,13-14H2. The van der Waals surface area contributed by atoms with Crippen LogP contribution in [0.15, 0.2) is 47.0 Å². The van der Waals surface area contributed by atoms with Crippen LogP contribution in [0.1, 0.15) is 16.9 Å². The first-order valence-corrected chi connectivity index (χ1v) is 8.94. The van der Waals surface area contributed by atoms with Crippen molar-refractivity contribution in [1.29, 1.82) is 0 Å². The Morgan fingerprint density at radius 2 is 2.07 bits per heavy atom. The van der Waals surface area contributed by atoms with Crippen molar-refractivity contribution in [3.63, 3.8) is 0 Å². The molecular weight excluding hydrogens is 362 g/mol. The predicted molar refractivity (Wildman–Crippen MR) is 100 cm³/mol. The number of hydrogen-bond acceptors (Lipinski definition) is 4. The monoisotopic (exact) mass is 380 g/mol. The van der Waals surface area contributed by atoms with Crippen LogP contribution in [-0.4, -0.2) is 23.2 Å². The van der Waals surface area contributed by atoms with E-state index in [9.17, 15) is 8.78 Å². The predicted octanol–water partition coefficient (Wildman–Crippen LogP) is 4.19. The average molecular weight is 380 g/mol. The molecule has 0 radical (unpaired) electrons. The third-order valence-corrected chi connectivity index (χ3v) is 4.73. The van der Waals surface area contributed by atoms with Crippen molar-refractivity contribution in [3.8, 4) is 29.4 Å². The van der Waals surface area contributed by atoms with E-state index in [1.807, 2.05) is 24.3 Å². The smallest absolute Gasteiger partial charge is 0.159 e. The van der Waals surface area contributed by atoms with E-state index in [1.54, 1.807) is 0 Å². The number of fused-ring (bicyclic) bond motifs is 1. The molecule has 2 aromatic carbocycles. The zero-order valence-electron chi connectivity index (χ0n) is 15.1. The Morgan fingerprint density at radius 3 is 2.89 bits per heavy atom. The lowest BCUT2D eigenvalue weighted by atomic mass is 10.0. The van der Waals surface area contributed by atoms with Crippen molar-refractivity contribution in [3.05, 3.63) is 71.0 Å². The van der Waals surface area contributed by atoms with Gasteiger partial charge in [0.1, 0.15) is 23.8 Å². The SMILES string of the molecule is C#CCOc1cccc(CN2CCc3onc(-c4ccc(F)c(F)c4)c3C2)c1. The molecule has 4 rings (SSSR count). The van der Waals surface area contributed by atoms with Gasteiger partial charge in [0.05, 0.1) is 0 Å². The van der Waals surface area contributed by atoms with Crippen molar-refractivity contribution in [2.75, 3.05) is 13.2 Å². The van der Waals surface area contributed by atoms with Crippen LogP contribution in [0, 0.1) is 24.0 Å². The van der Waals surface area contributed by atoms with Gasteiger partial charge in [0.2, 0.25) is 0 Å². The molecule has 0 atom stereocenters. The molecule has 0 saturated carbocycles. The third kappa shape index (κ3) is 3.75. The fourth-order valence-corrected chi connectivity index (χ4v) is 3.39. The zero-order chi connectivity index (χ0) is 19.5. The second-order valence-corrected chi connectivity index (χ2v) is 6.66. The average Bonchev–Trinajstić information content (AvgIpc) is 3.12. The van der Waals surface area contributed by atoms with Gasteiger partial charge in [-0.3, -0.25) is 4.90 Å². The summed E-state index contributed by atoms with van der Waals surface area (Å²) in [4.78, 5) is 2.25. The number of aromatic nitrogens is 1. The molecule has 1 aliphatic heterocycles. The molecule has 28 heavy (non-hydrogen) atoms. The van der Waals surface area contributed by atoms with Gasteiger partial charge in [-0.1, -0.05) is 23.2 Å². The molecule has 0 saturated heterocycles. The van der Waals surface area contributed by atoms with Crippen LogP contribution in [0.3, 0.4) is 0 Å². The van der Waals surface area contributed by atoms with Gasteiger partial charge in [-0.05, 0) is 35.9 Å². The van der Waals surface area contributed by atoms with Crippen molar-refractivity contribution < 1.29 is 18.0 Å². The summed E-state index contributed by atoms with van der Waals surface area (Å²) in [7, 11) is 0. The van der Waals surface area contributed by atoms with Gasteiger partial charge < -0.3 is 9.26 Å². The van der Waals surface area contributed by atoms with Gasteiger partial charge >= 0.3 is 0 Å². The Labute approximate surface area is 161 Å². The highest BCUT2D eigenvalue weighted by Crippen LogP contribution is 2.31. The van der Waals surface area contributed by atoms with Crippen LogP contribution in [0.4, 0.5) is 8.78 Å². The van der Waals surface area contributed by atoms with E-state index < -0.39 is 11.6 Å². The number of rotatable bonds is 5. The highest BCUT2D eigenvalue weighted by Gasteiger charge is 2.25. The largest absolute Gasteiger partial charge is 0.481 e. The van der Waals surface area contributed by atoms with Gasteiger partial charge in [0.15, 0.2) is 11.6 Å². The lowest BCUT2D eigenvalue weighted by molar-refractivity contribution is 0.228. The first-order chi connectivity index (χ1) is 13.6.